The molecule has 3 aliphatic rings. The minimum absolute atomic E-state index is 0.0178. The van der Waals surface area contributed by atoms with E-state index in [4.69, 9.17) is 4.98 Å². The highest BCUT2D eigenvalue weighted by atomic mass is 32.1. The molecule has 1 aromatic carbocycles. The van der Waals surface area contributed by atoms with Crippen molar-refractivity contribution in [2.24, 2.45) is 0 Å². The maximum Gasteiger partial charge on any atom is 0.263 e. The Labute approximate surface area is 265 Å². The van der Waals surface area contributed by atoms with Crippen LogP contribution >= 0.6 is 11.3 Å². The molecule has 0 bridgehead atoms. The normalized spacial score (nSPS) is 16.1. The quantitative estimate of drug-likeness (QED) is 0.150. The minimum atomic E-state index is -0.267. The number of hydrogen-bond donors (Lipinski definition) is 1. The maximum atomic E-state index is 13.5. The Hall–Kier alpha value is -4.69. The number of aromatic nitrogens is 3. The summed E-state index contributed by atoms with van der Waals surface area (Å²) in [6.07, 6.45) is 12.9. The molecule has 0 spiro atoms. The number of anilines is 2. The van der Waals surface area contributed by atoms with E-state index in [9.17, 15) is 14.4 Å². The molecule has 7 nitrogen and oxygen atoms in total. The number of nitrogens with zero attached hydrogens (tertiary/aromatic N) is 3. The van der Waals surface area contributed by atoms with E-state index in [-0.39, 0.29) is 28.7 Å². The van der Waals surface area contributed by atoms with E-state index in [1.54, 1.807) is 23.8 Å². The number of rotatable bonds is 9. The van der Waals surface area contributed by atoms with Crippen LogP contribution in [0, 0.1) is 12.8 Å². The van der Waals surface area contributed by atoms with Gasteiger partial charge in [-0.15, -0.1) is 17.9 Å². The van der Waals surface area contributed by atoms with Crippen LogP contribution in [-0.4, -0.2) is 26.1 Å². The van der Waals surface area contributed by atoms with Crippen molar-refractivity contribution in [2.45, 2.75) is 58.4 Å². The number of pyridine rings is 1. The zero-order chi connectivity index (χ0) is 31.4. The molecule has 0 aliphatic heterocycles. The number of fused-ring (bicyclic) bond motifs is 4. The molecule has 1 N–H and O–H groups in total. The van der Waals surface area contributed by atoms with E-state index in [0.717, 1.165) is 88.4 Å². The second kappa shape index (κ2) is 11.3. The number of aryl methyl sites for hydroxylation is 1. The van der Waals surface area contributed by atoms with Gasteiger partial charge in [0.05, 0.1) is 16.4 Å². The second-order valence-electron chi connectivity index (χ2n) is 12.0. The first-order chi connectivity index (χ1) is 21.8. The molecule has 45 heavy (non-hydrogen) atoms. The van der Waals surface area contributed by atoms with E-state index in [2.05, 4.69) is 34.9 Å². The van der Waals surface area contributed by atoms with Gasteiger partial charge in [0.25, 0.3) is 5.56 Å². The predicted octanol–water partition coefficient (Wildman–Crippen LogP) is 8.51. The Morgan fingerprint density at radius 2 is 1.91 bits per heavy atom. The molecule has 1 radical (unpaired) electrons. The van der Waals surface area contributed by atoms with Gasteiger partial charge in [-0.2, -0.15) is 4.98 Å². The Morgan fingerprint density at radius 1 is 1.16 bits per heavy atom. The monoisotopic (exact) mass is 613 g/mol. The fraction of sp³-hybridized carbons (Fsp3) is 0.243. The van der Waals surface area contributed by atoms with Crippen LogP contribution in [0.15, 0.2) is 83.2 Å². The Morgan fingerprint density at radius 3 is 2.62 bits per heavy atom. The lowest BCUT2D eigenvalue weighted by atomic mass is 9.94. The molecular formula is C37H33N4O3S. The van der Waals surface area contributed by atoms with E-state index in [0.29, 0.717) is 22.5 Å². The number of ketones is 2. The lowest BCUT2D eigenvalue weighted by Crippen LogP contribution is -2.30. The molecular weight excluding hydrogens is 580 g/mol. The molecule has 4 aromatic rings. The van der Waals surface area contributed by atoms with Gasteiger partial charge in [0.15, 0.2) is 11.6 Å². The highest BCUT2D eigenvalue weighted by Crippen LogP contribution is 2.55. The van der Waals surface area contributed by atoms with Gasteiger partial charge in [-0.1, -0.05) is 49.3 Å². The van der Waals surface area contributed by atoms with E-state index in [1.807, 2.05) is 30.3 Å². The molecule has 225 valence electrons. The summed E-state index contributed by atoms with van der Waals surface area (Å²) in [6, 6.07) is 8.00. The van der Waals surface area contributed by atoms with Crippen LogP contribution in [0.2, 0.25) is 0 Å². The molecule has 3 heterocycles. The zero-order valence-corrected chi connectivity index (χ0v) is 26.2. The molecule has 8 heteroatoms. The van der Waals surface area contributed by atoms with Gasteiger partial charge in [-0.25, -0.2) is 4.98 Å². The second-order valence-corrected chi connectivity index (χ2v) is 12.9. The lowest BCUT2D eigenvalue weighted by Gasteiger charge is -2.19. The van der Waals surface area contributed by atoms with Gasteiger partial charge >= 0.3 is 0 Å². The summed E-state index contributed by atoms with van der Waals surface area (Å²) < 4.78 is 1.72. The third-order valence-corrected chi connectivity index (χ3v) is 10.1. The van der Waals surface area contributed by atoms with Crippen molar-refractivity contribution in [1.29, 1.82) is 0 Å². The summed E-state index contributed by atoms with van der Waals surface area (Å²) in [7, 11) is 0. The number of Topliss-reactive ketones (excluding diaryl/α,β-unsaturated/α-hetero) is 1. The van der Waals surface area contributed by atoms with Crippen molar-refractivity contribution in [2.75, 3.05) is 5.32 Å². The van der Waals surface area contributed by atoms with E-state index < -0.39 is 0 Å². The number of hydrogen-bond acceptors (Lipinski definition) is 7. The van der Waals surface area contributed by atoms with Gasteiger partial charge in [0.2, 0.25) is 5.95 Å². The number of carbonyl (C=O) groups is 2. The average molecular weight is 614 g/mol. The summed E-state index contributed by atoms with van der Waals surface area (Å²) >= 11 is 1.48. The first kappa shape index (κ1) is 29.0. The molecule has 0 atom stereocenters. The maximum absolute atomic E-state index is 13.5. The first-order valence-electron chi connectivity index (χ1n) is 15.3. The highest BCUT2D eigenvalue weighted by molar-refractivity contribution is 7.13. The Balaban J connectivity index is 1.17. The van der Waals surface area contributed by atoms with Crippen molar-refractivity contribution in [3.8, 4) is 11.1 Å². The van der Waals surface area contributed by atoms with Crippen molar-refractivity contribution in [1.82, 2.24) is 14.5 Å². The number of carbonyl (C=O) groups excluding carboxylic acids is 2. The minimum Gasteiger partial charge on any atom is -0.324 e. The average Bonchev–Trinajstić information content (AvgIpc) is 3.40. The molecule has 0 unspecified atom stereocenters. The van der Waals surface area contributed by atoms with Crippen molar-refractivity contribution >= 4 is 51.1 Å². The molecule has 1 fully saturated rings. The van der Waals surface area contributed by atoms with Crippen LogP contribution in [0.25, 0.3) is 27.7 Å². The van der Waals surface area contributed by atoms with Gasteiger partial charge in [-0.3, -0.25) is 19.0 Å². The number of allylic oxidation sites excluding steroid dienone is 6. The fourth-order valence-electron chi connectivity index (χ4n) is 6.71. The van der Waals surface area contributed by atoms with Crippen molar-refractivity contribution in [3.63, 3.8) is 0 Å². The van der Waals surface area contributed by atoms with Gasteiger partial charge in [0, 0.05) is 34.4 Å². The fourth-order valence-corrected chi connectivity index (χ4v) is 7.71. The Kier molecular flexibility index (Phi) is 7.32. The number of benzene rings is 1. The summed E-state index contributed by atoms with van der Waals surface area (Å²) in [5.41, 5.74) is 7.96. The van der Waals surface area contributed by atoms with Gasteiger partial charge < -0.3 is 5.32 Å². The third kappa shape index (κ3) is 5.03. The van der Waals surface area contributed by atoms with Gasteiger partial charge in [0.1, 0.15) is 5.65 Å². The molecule has 7 rings (SSSR count). The van der Waals surface area contributed by atoms with Crippen LogP contribution in [0.3, 0.4) is 0 Å². The van der Waals surface area contributed by atoms with E-state index in [1.165, 1.54) is 18.3 Å². The highest BCUT2D eigenvalue weighted by Gasteiger charge is 2.39. The van der Waals surface area contributed by atoms with Crippen molar-refractivity contribution < 1.29 is 9.59 Å². The first-order valence-corrected chi connectivity index (χ1v) is 16.2. The van der Waals surface area contributed by atoms with Crippen molar-refractivity contribution in [3.05, 3.63) is 116 Å². The molecule has 0 amide bonds. The summed E-state index contributed by atoms with van der Waals surface area (Å²) in [4.78, 5) is 49.3. The van der Waals surface area contributed by atoms with Crippen LogP contribution < -0.4 is 10.9 Å². The standard InChI is InChI=1S/C37H33N4O3S/c1-5-6-9-20(2)26-17-31(43)34-33(28-16-27(26)28)30(19-45-34)23-12-14-24(15-13-23)39-37-38-18-29-21(3)32(22(4)42)36(44)41(35(29)40-37)25-10-7-8-11-25/h5,12-19,25H,1-2,6-11H2,3-4H3,(H,38,39,40). The smallest absolute Gasteiger partial charge is 0.263 e. The van der Waals surface area contributed by atoms with Crippen LogP contribution in [0.5, 0.6) is 0 Å². The van der Waals surface area contributed by atoms with Crippen LogP contribution in [0.1, 0.15) is 82.6 Å². The third-order valence-electron chi connectivity index (χ3n) is 9.08. The van der Waals surface area contributed by atoms with E-state index >= 15 is 0 Å². The SMILES string of the molecule is C=CCCC(=C)C1=CC(=O)c2scc(-c3ccc(Nc4ncc5c(C)c(C(C)=O)c(=O)n(C6CCCC6)c5n4)cc3)c2C2=C[C]12. The lowest BCUT2D eigenvalue weighted by molar-refractivity contribution is 0.101. The molecule has 1 saturated carbocycles. The number of thiophene rings is 1. The Bertz CT molecular complexity index is 2060. The van der Waals surface area contributed by atoms with Gasteiger partial charge in [-0.05, 0) is 85.4 Å². The molecule has 0 saturated heterocycles. The number of nitrogens with one attached hydrogen (secondary N) is 1. The largest absolute Gasteiger partial charge is 0.324 e. The molecule has 3 aromatic heterocycles. The summed E-state index contributed by atoms with van der Waals surface area (Å²) in [5, 5.41) is 6.07. The van der Waals surface area contributed by atoms with Crippen LogP contribution in [-0.2, 0) is 0 Å². The molecule has 3 aliphatic carbocycles. The summed E-state index contributed by atoms with van der Waals surface area (Å²) in [5.74, 6) is 1.26. The van der Waals surface area contributed by atoms with Crippen LogP contribution in [0.4, 0.5) is 11.6 Å². The summed E-state index contributed by atoms with van der Waals surface area (Å²) in [6.45, 7) is 11.3. The predicted molar refractivity (Wildman–Crippen MR) is 181 cm³/mol. The zero-order valence-electron chi connectivity index (χ0n) is 25.4. The topological polar surface area (TPSA) is 94.0 Å².